The van der Waals surface area contributed by atoms with E-state index in [-0.39, 0.29) is 18.5 Å². The number of hydrogen-bond acceptors (Lipinski definition) is 4. The monoisotopic (exact) mass is 245 g/mol. The number of nitrogens with zero attached hydrogens (tertiary/aromatic N) is 3. The van der Waals surface area contributed by atoms with E-state index in [9.17, 15) is 4.79 Å². The molecular formula is C12H15N5O. The van der Waals surface area contributed by atoms with Crippen LogP contribution in [0.25, 0.3) is 0 Å². The molecule has 0 aliphatic carbocycles. The van der Waals surface area contributed by atoms with Gasteiger partial charge in [-0.15, -0.1) is 0 Å². The minimum absolute atomic E-state index is 0.0617. The molecule has 18 heavy (non-hydrogen) atoms. The number of rotatable bonds is 4. The van der Waals surface area contributed by atoms with Crippen LogP contribution in [0.3, 0.4) is 0 Å². The van der Waals surface area contributed by atoms with Crippen molar-refractivity contribution in [2.24, 2.45) is 0 Å². The lowest BCUT2D eigenvalue weighted by Gasteiger charge is -2.13. The Hall–Kier alpha value is -2.37. The summed E-state index contributed by atoms with van der Waals surface area (Å²) in [5.74, 6) is 0.299. The zero-order valence-electron chi connectivity index (χ0n) is 10.1. The van der Waals surface area contributed by atoms with Crippen LogP contribution >= 0.6 is 0 Å². The van der Waals surface area contributed by atoms with Crippen LogP contribution in [0.15, 0.2) is 36.8 Å². The summed E-state index contributed by atoms with van der Waals surface area (Å²) in [6.07, 6.45) is 5.07. The lowest BCUT2D eigenvalue weighted by atomic mass is 10.1. The Morgan fingerprint density at radius 2 is 2.17 bits per heavy atom. The van der Waals surface area contributed by atoms with Crippen molar-refractivity contribution in [3.63, 3.8) is 0 Å². The van der Waals surface area contributed by atoms with Gasteiger partial charge in [-0.25, -0.2) is 0 Å². The van der Waals surface area contributed by atoms with Crippen molar-refractivity contribution in [3.8, 4) is 0 Å². The van der Waals surface area contributed by atoms with Crippen molar-refractivity contribution in [3.05, 3.63) is 42.4 Å². The van der Waals surface area contributed by atoms with E-state index in [1.165, 1.54) is 4.68 Å². The summed E-state index contributed by atoms with van der Waals surface area (Å²) in [5.41, 5.74) is 6.49. The molecule has 1 atom stereocenters. The zero-order chi connectivity index (χ0) is 13.0. The van der Waals surface area contributed by atoms with E-state index >= 15 is 0 Å². The highest BCUT2D eigenvalue weighted by Crippen LogP contribution is 2.09. The first-order valence-corrected chi connectivity index (χ1v) is 5.63. The van der Waals surface area contributed by atoms with Gasteiger partial charge in [0, 0.05) is 18.6 Å². The topological polar surface area (TPSA) is 85.8 Å². The minimum Gasteiger partial charge on any atom is -0.382 e. The van der Waals surface area contributed by atoms with Gasteiger partial charge in [-0.1, -0.05) is 0 Å². The summed E-state index contributed by atoms with van der Waals surface area (Å²) in [5, 5.41) is 6.84. The third-order valence-electron chi connectivity index (χ3n) is 2.55. The molecule has 2 heterocycles. The highest BCUT2D eigenvalue weighted by Gasteiger charge is 2.10. The van der Waals surface area contributed by atoms with Crippen LogP contribution < -0.4 is 11.1 Å². The SMILES string of the molecule is CC(NC(=O)Cn1ccc(N)n1)c1ccncc1. The van der Waals surface area contributed by atoms with Gasteiger partial charge in [0.05, 0.1) is 6.04 Å². The third-order valence-corrected chi connectivity index (χ3v) is 2.55. The molecule has 0 bridgehead atoms. The Bertz CT molecular complexity index is 522. The number of carbonyl (C=O) groups excluding carboxylic acids is 1. The molecule has 6 nitrogen and oxygen atoms in total. The molecule has 6 heteroatoms. The molecule has 0 aliphatic rings. The summed E-state index contributed by atoms with van der Waals surface area (Å²) in [6, 6.07) is 5.33. The van der Waals surface area contributed by atoms with Crippen molar-refractivity contribution in [2.45, 2.75) is 19.5 Å². The molecule has 0 saturated carbocycles. The molecule has 94 valence electrons. The van der Waals surface area contributed by atoms with Gasteiger partial charge in [0.15, 0.2) is 0 Å². The third kappa shape index (κ3) is 3.07. The predicted molar refractivity (Wildman–Crippen MR) is 67.4 cm³/mol. The van der Waals surface area contributed by atoms with Crippen LogP contribution in [0, 0.1) is 0 Å². The van der Waals surface area contributed by atoms with Crippen molar-refractivity contribution in [2.75, 3.05) is 5.73 Å². The first-order chi connectivity index (χ1) is 8.65. The van der Waals surface area contributed by atoms with Gasteiger partial charge in [0.2, 0.25) is 5.91 Å². The number of nitrogen functional groups attached to an aromatic ring is 1. The fourth-order valence-corrected chi connectivity index (χ4v) is 1.64. The first kappa shape index (κ1) is 12.1. The average Bonchev–Trinajstić information content (AvgIpc) is 2.75. The minimum atomic E-state index is -0.109. The highest BCUT2D eigenvalue weighted by atomic mass is 16.2. The average molecular weight is 245 g/mol. The quantitative estimate of drug-likeness (QED) is 0.831. The predicted octanol–water partition coefficient (Wildman–Crippen LogP) is 0.738. The molecule has 0 saturated heterocycles. The maximum Gasteiger partial charge on any atom is 0.242 e. The summed E-state index contributed by atoms with van der Waals surface area (Å²) < 4.78 is 1.50. The standard InChI is InChI=1S/C12H15N5O/c1-9(10-2-5-14-6-3-10)15-12(18)8-17-7-4-11(13)16-17/h2-7,9H,8H2,1H3,(H2,13,16)(H,15,18). The zero-order valence-corrected chi connectivity index (χ0v) is 10.1. The van der Waals surface area contributed by atoms with Gasteiger partial charge < -0.3 is 11.1 Å². The van der Waals surface area contributed by atoms with Crippen molar-refractivity contribution in [1.82, 2.24) is 20.1 Å². The molecule has 1 unspecified atom stereocenters. The van der Waals surface area contributed by atoms with Gasteiger partial charge in [-0.05, 0) is 30.7 Å². The number of pyridine rings is 1. The van der Waals surface area contributed by atoms with E-state index in [1.54, 1.807) is 24.7 Å². The molecule has 0 aliphatic heterocycles. The molecule has 1 amide bonds. The number of hydrogen-bond donors (Lipinski definition) is 2. The Morgan fingerprint density at radius 1 is 1.44 bits per heavy atom. The molecule has 0 fully saturated rings. The maximum absolute atomic E-state index is 11.8. The molecule has 0 aromatic carbocycles. The van der Waals surface area contributed by atoms with E-state index in [2.05, 4.69) is 15.4 Å². The number of aromatic nitrogens is 3. The van der Waals surface area contributed by atoms with E-state index in [1.807, 2.05) is 19.1 Å². The number of nitrogens with one attached hydrogen (secondary N) is 1. The van der Waals surface area contributed by atoms with Crippen LogP contribution in [0.1, 0.15) is 18.5 Å². The number of amides is 1. The van der Waals surface area contributed by atoms with Crippen LogP contribution in [-0.4, -0.2) is 20.7 Å². The second kappa shape index (κ2) is 5.31. The van der Waals surface area contributed by atoms with Crippen molar-refractivity contribution < 1.29 is 4.79 Å². The van der Waals surface area contributed by atoms with Gasteiger partial charge >= 0.3 is 0 Å². The largest absolute Gasteiger partial charge is 0.382 e. The second-order valence-corrected chi connectivity index (χ2v) is 4.01. The van der Waals surface area contributed by atoms with Crippen molar-refractivity contribution in [1.29, 1.82) is 0 Å². The van der Waals surface area contributed by atoms with Crippen LogP contribution in [-0.2, 0) is 11.3 Å². The van der Waals surface area contributed by atoms with Crippen molar-refractivity contribution >= 4 is 11.7 Å². The molecule has 0 spiro atoms. The normalized spacial score (nSPS) is 12.1. The van der Waals surface area contributed by atoms with Gasteiger partial charge in [0.1, 0.15) is 12.4 Å². The van der Waals surface area contributed by atoms with Gasteiger partial charge in [0.25, 0.3) is 0 Å². The van der Waals surface area contributed by atoms with Crippen LogP contribution in [0.4, 0.5) is 5.82 Å². The molecule has 2 aromatic heterocycles. The maximum atomic E-state index is 11.8. The fourth-order valence-electron chi connectivity index (χ4n) is 1.64. The smallest absolute Gasteiger partial charge is 0.242 e. The summed E-state index contributed by atoms with van der Waals surface area (Å²) >= 11 is 0. The van der Waals surface area contributed by atoms with Gasteiger partial charge in [-0.3, -0.25) is 14.5 Å². The number of nitrogens with two attached hydrogens (primary N) is 1. The van der Waals surface area contributed by atoms with E-state index < -0.39 is 0 Å². The summed E-state index contributed by atoms with van der Waals surface area (Å²) in [7, 11) is 0. The van der Waals surface area contributed by atoms with E-state index in [0.717, 1.165) is 5.56 Å². The molecule has 2 rings (SSSR count). The Balaban J connectivity index is 1.92. The summed E-state index contributed by atoms with van der Waals surface area (Å²) in [4.78, 5) is 15.7. The molecule has 0 radical (unpaired) electrons. The number of carbonyl (C=O) groups is 1. The highest BCUT2D eigenvalue weighted by molar-refractivity contribution is 5.76. The number of anilines is 1. The van der Waals surface area contributed by atoms with E-state index in [4.69, 9.17) is 5.73 Å². The van der Waals surface area contributed by atoms with Crippen LogP contribution in [0.5, 0.6) is 0 Å². The molecule has 2 aromatic rings. The second-order valence-electron chi connectivity index (χ2n) is 4.01. The molecule has 3 N–H and O–H groups in total. The fraction of sp³-hybridized carbons (Fsp3) is 0.250. The van der Waals surface area contributed by atoms with E-state index in [0.29, 0.717) is 5.82 Å². The van der Waals surface area contributed by atoms with Gasteiger partial charge in [-0.2, -0.15) is 5.10 Å². The Labute approximate surface area is 105 Å². The van der Waals surface area contributed by atoms with Crippen LogP contribution in [0.2, 0.25) is 0 Å². The Kier molecular flexibility index (Phi) is 3.57. The Morgan fingerprint density at radius 3 is 2.78 bits per heavy atom. The first-order valence-electron chi connectivity index (χ1n) is 5.63. The summed E-state index contributed by atoms with van der Waals surface area (Å²) in [6.45, 7) is 2.08. The lowest BCUT2D eigenvalue weighted by Crippen LogP contribution is -2.30. The lowest BCUT2D eigenvalue weighted by molar-refractivity contribution is -0.122. The molecular weight excluding hydrogens is 230 g/mol.